The van der Waals surface area contributed by atoms with E-state index in [0.29, 0.717) is 38.3 Å². The van der Waals surface area contributed by atoms with Crippen molar-refractivity contribution in [1.82, 2.24) is 4.90 Å². The molecule has 0 bridgehead atoms. The second-order valence-electron chi connectivity index (χ2n) is 6.02. The quantitative estimate of drug-likeness (QED) is 0.666. The summed E-state index contributed by atoms with van der Waals surface area (Å²) < 4.78 is 20.5. The number of carbonyl (C=O) groups excluding carboxylic acids is 3. The van der Waals surface area contributed by atoms with Crippen LogP contribution in [0.3, 0.4) is 0 Å². The molecule has 1 aliphatic rings. The molecule has 0 N–H and O–H groups in total. The number of hydrogen-bond donors (Lipinski definition) is 0. The lowest BCUT2D eigenvalue weighted by Crippen LogP contribution is -2.42. The van der Waals surface area contributed by atoms with E-state index in [-0.39, 0.29) is 35.7 Å². The van der Waals surface area contributed by atoms with Crippen molar-refractivity contribution in [3.05, 3.63) is 23.8 Å². The molecular formula is C19H25NO7. The molecule has 0 saturated carbocycles. The number of rotatable bonds is 7. The molecule has 0 spiro atoms. The van der Waals surface area contributed by atoms with Gasteiger partial charge in [-0.15, -0.1) is 0 Å². The zero-order chi connectivity index (χ0) is 19.8. The second-order valence-corrected chi connectivity index (χ2v) is 6.02. The van der Waals surface area contributed by atoms with Gasteiger partial charge in [0.15, 0.2) is 18.1 Å². The highest BCUT2D eigenvalue weighted by molar-refractivity contribution is 5.95. The SMILES string of the molecule is CCOC(=O)C1CCN(C(=O)COC(=O)c2cccc(OC)c2OC)CC1. The van der Waals surface area contributed by atoms with Crippen molar-refractivity contribution in [2.75, 3.05) is 40.5 Å². The van der Waals surface area contributed by atoms with Gasteiger partial charge in [-0.05, 0) is 31.9 Å². The van der Waals surface area contributed by atoms with Crippen LogP contribution in [-0.4, -0.2) is 63.3 Å². The molecule has 0 aliphatic carbocycles. The first-order valence-corrected chi connectivity index (χ1v) is 8.84. The molecule has 148 valence electrons. The molecular weight excluding hydrogens is 354 g/mol. The Hall–Kier alpha value is -2.77. The molecule has 1 aliphatic heterocycles. The van der Waals surface area contributed by atoms with E-state index in [2.05, 4.69) is 0 Å². The van der Waals surface area contributed by atoms with Crippen LogP contribution < -0.4 is 9.47 Å². The van der Waals surface area contributed by atoms with Crippen LogP contribution in [0.5, 0.6) is 11.5 Å². The van der Waals surface area contributed by atoms with Crippen LogP contribution >= 0.6 is 0 Å². The minimum absolute atomic E-state index is 0.183. The predicted octanol–water partition coefficient (Wildman–Crippen LogP) is 1.66. The largest absolute Gasteiger partial charge is 0.493 e. The number of methoxy groups -OCH3 is 2. The number of piperidine rings is 1. The van der Waals surface area contributed by atoms with E-state index in [1.165, 1.54) is 14.2 Å². The van der Waals surface area contributed by atoms with Gasteiger partial charge in [0.1, 0.15) is 5.56 Å². The molecule has 2 rings (SSSR count). The Morgan fingerprint density at radius 3 is 2.37 bits per heavy atom. The smallest absolute Gasteiger partial charge is 0.342 e. The van der Waals surface area contributed by atoms with E-state index < -0.39 is 5.97 Å². The summed E-state index contributed by atoms with van der Waals surface area (Å²) in [5.74, 6) is -0.709. The molecule has 1 amide bonds. The summed E-state index contributed by atoms with van der Waals surface area (Å²) >= 11 is 0. The summed E-state index contributed by atoms with van der Waals surface area (Å²) in [7, 11) is 2.89. The highest BCUT2D eigenvalue weighted by Crippen LogP contribution is 2.31. The van der Waals surface area contributed by atoms with Crippen molar-refractivity contribution in [2.24, 2.45) is 5.92 Å². The van der Waals surface area contributed by atoms with E-state index in [4.69, 9.17) is 18.9 Å². The van der Waals surface area contributed by atoms with Crippen LogP contribution in [0.4, 0.5) is 0 Å². The van der Waals surface area contributed by atoms with Gasteiger partial charge in [0.05, 0.1) is 26.7 Å². The van der Waals surface area contributed by atoms with Gasteiger partial charge in [-0.2, -0.15) is 0 Å². The van der Waals surface area contributed by atoms with Gasteiger partial charge in [-0.3, -0.25) is 9.59 Å². The first-order chi connectivity index (χ1) is 13.0. The highest BCUT2D eigenvalue weighted by Gasteiger charge is 2.29. The number of likely N-dealkylation sites (tertiary alicyclic amines) is 1. The van der Waals surface area contributed by atoms with Gasteiger partial charge in [-0.1, -0.05) is 6.07 Å². The van der Waals surface area contributed by atoms with E-state index in [1.807, 2.05) is 0 Å². The Morgan fingerprint density at radius 2 is 1.78 bits per heavy atom. The Balaban J connectivity index is 1.88. The number of para-hydroxylation sites is 1. The number of benzene rings is 1. The van der Waals surface area contributed by atoms with E-state index >= 15 is 0 Å². The lowest BCUT2D eigenvalue weighted by Gasteiger charge is -2.30. The maximum absolute atomic E-state index is 12.3. The third kappa shape index (κ3) is 5.12. The Bertz CT molecular complexity index is 681. The molecule has 0 unspecified atom stereocenters. The summed E-state index contributed by atoms with van der Waals surface area (Å²) in [6.45, 7) is 2.61. The fourth-order valence-corrected chi connectivity index (χ4v) is 2.97. The summed E-state index contributed by atoms with van der Waals surface area (Å²) in [5.41, 5.74) is 0.186. The summed E-state index contributed by atoms with van der Waals surface area (Å²) in [5, 5.41) is 0. The average Bonchev–Trinajstić information content (AvgIpc) is 2.71. The monoisotopic (exact) mass is 379 g/mol. The minimum atomic E-state index is -0.666. The molecule has 27 heavy (non-hydrogen) atoms. The normalized spacial score (nSPS) is 14.4. The maximum atomic E-state index is 12.3. The number of hydrogen-bond acceptors (Lipinski definition) is 7. The van der Waals surface area contributed by atoms with Crippen molar-refractivity contribution in [3.63, 3.8) is 0 Å². The van der Waals surface area contributed by atoms with Gasteiger partial charge in [-0.25, -0.2) is 4.79 Å². The minimum Gasteiger partial charge on any atom is -0.493 e. The Kier molecular flexibility index (Phi) is 7.45. The summed E-state index contributed by atoms with van der Waals surface area (Å²) in [6, 6.07) is 4.84. The van der Waals surface area contributed by atoms with Gasteiger partial charge < -0.3 is 23.8 Å². The van der Waals surface area contributed by atoms with E-state index in [9.17, 15) is 14.4 Å². The zero-order valence-electron chi connectivity index (χ0n) is 15.9. The molecule has 0 radical (unpaired) electrons. The second kappa shape index (κ2) is 9.80. The number of amides is 1. The molecule has 8 heteroatoms. The maximum Gasteiger partial charge on any atom is 0.342 e. The van der Waals surface area contributed by atoms with Gasteiger partial charge in [0.2, 0.25) is 0 Å². The fourth-order valence-electron chi connectivity index (χ4n) is 2.97. The van der Waals surface area contributed by atoms with Crippen LogP contribution in [0.2, 0.25) is 0 Å². The van der Waals surface area contributed by atoms with Crippen LogP contribution in [-0.2, 0) is 19.1 Å². The molecule has 0 aromatic heterocycles. The van der Waals surface area contributed by atoms with Crippen molar-refractivity contribution in [3.8, 4) is 11.5 Å². The molecule has 8 nitrogen and oxygen atoms in total. The van der Waals surface area contributed by atoms with Crippen LogP contribution in [0.15, 0.2) is 18.2 Å². The van der Waals surface area contributed by atoms with Gasteiger partial charge in [0, 0.05) is 13.1 Å². The van der Waals surface area contributed by atoms with E-state index in [0.717, 1.165) is 0 Å². The van der Waals surface area contributed by atoms with E-state index in [1.54, 1.807) is 30.0 Å². The van der Waals surface area contributed by atoms with Crippen LogP contribution in [0, 0.1) is 5.92 Å². The average molecular weight is 379 g/mol. The molecule has 1 aromatic rings. The lowest BCUT2D eigenvalue weighted by molar-refractivity contribution is -0.151. The number of ether oxygens (including phenoxy) is 4. The Labute approximate surface area is 158 Å². The summed E-state index contributed by atoms with van der Waals surface area (Å²) in [4.78, 5) is 37.9. The molecule has 0 atom stereocenters. The molecule has 1 saturated heterocycles. The number of carbonyl (C=O) groups is 3. The van der Waals surface area contributed by atoms with Crippen molar-refractivity contribution in [2.45, 2.75) is 19.8 Å². The van der Waals surface area contributed by atoms with Crippen molar-refractivity contribution >= 4 is 17.8 Å². The lowest BCUT2D eigenvalue weighted by atomic mass is 9.97. The van der Waals surface area contributed by atoms with Crippen LogP contribution in [0.1, 0.15) is 30.1 Å². The predicted molar refractivity (Wildman–Crippen MR) is 95.8 cm³/mol. The molecule has 1 heterocycles. The van der Waals surface area contributed by atoms with Gasteiger partial charge in [0.25, 0.3) is 5.91 Å². The highest BCUT2D eigenvalue weighted by atomic mass is 16.5. The zero-order valence-corrected chi connectivity index (χ0v) is 15.9. The first-order valence-electron chi connectivity index (χ1n) is 8.84. The first kappa shape index (κ1) is 20.5. The Morgan fingerprint density at radius 1 is 1.07 bits per heavy atom. The molecule has 1 aromatic carbocycles. The number of nitrogens with zero attached hydrogens (tertiary/aromatic N) is 1. The van der Waals surface area contributed by atoms with Gasteiger partial charge >= 0.3 is 11.9 Å². The standard InChI is InChI=1S/C19H25NO7/c1-4-26-18(22)13-8-10-20(11-9-13)16(21)12-27-19(23)14-6-5-7-15(24-2)17(14)25-3/h5-7,13H,4,8-12H2,1-3H3. The third-order valence-electron chi connectivity index (χ3n) is 4.42. The van der Waals surface area contributed by atoms with Crippen molar-refractivity contribution < 1.29 is 33.3 Å². The number of esters is 2. The third-order valence-corrected chi connectivity index (χ3v) is 4.42. The van der Waals surface area contributed by atoms with Crippen molar-refractivity contribution in [1.29, 1.82) is 0 Å². The topological polar surface area (TPSA) is 91.4 Å². The summed E-state index contributed by atoms with van der Waals surface area (Å²) in [6.07, 6.45) is 1.09. The molecule has 1 fully saturated rings. The fraction of sp³-hybridized carbons (Fsp3) is 0.526. The van der Waals surface area contributed by atoms with Crippen LogP contribution in [0.25, 0.3) is 0 Å².